The Hall–Kier alpha value is -2.27. The van der Waals surface area contributed by atoms with Crippen molar-refractivity contribution in [1.82, 2.24) is 19.5 Å². The van der Waals surface area contributed by atoms with Crippen LogP contribution in [0.1, 0.15) is 38.5 Å². The van der Waals surface area contributed by atoms with Crippen molar-refractivity contribution in [2.75, 3.05) is 18.9 Å². The van der Waals surface area contributed by atoms with Gasteiger partial charge in [0.15, 0.2) is 11.2 Å². The highest BCUT2D eigenvalue weighted by molar-refractivity contribution is 7.53. The zero-order chi connectivity index (χ0) is 22.1. The Balaban J connectivity index is 1.33. The summed E-state index contributed by atoms with van der Waals surface area (Å²) >= 11 is 0. The maximum Gasteiger partial charge on any atom is 0.359 e. The SMILES string of the molecule is [CH2]OP(=O)(COC1(Cn2cnc3c(O)nc(N)nc32)CC1)OCOC(=O)C1CCCC1. The number of carbonyl (C=O) groups is 1. The van der Waals surface area contributed by atoms with Crippen LogP contribution in [0, 0.1) is 13.0 Å². The minimum absolute atomic E-state index is 0.0759. The number of esters is 1. The Labute approximate surface area is 178 Å². The Bertz CT molecular complexity index is 1000. The van der Waals surface area contributed by atoms with E-state index < -0.39 is 20.0 Å². The van der Waals surface area contributed by atoms with Gasteiger partial charge in [0, 0.05) is 0 Å². The Morgan fingerprint density at radius 3 is 2.77 bits per heavy atom. The lowest BCUT2D eigenvalue weighted by molar-refractivity contribution is -0.155. The molecule has 1 atom stereocenters. The van der Waals surface area contributed by atoms with E-state index in [2.05, 4.69) is 22.1 Å². The van der Waals surface area contributed by atoms with Crippen LogP contribution in [0.4, 0.5) is 5.95 Å². The molecule has 2 fully saturated rings. The summed E-state index contributed by atoms with van der Waals surface area (Å²) < 4.78 is 35.3. The second-order valence-corrected chi connectivity index (χ2v) is 9.83. The molecule has 12 nitrogen and oxygen atoms in total. The molecule has 0 aliphatic heterocycles. The van der Waals surface area contributed by atoms with Gasteiger partial charge in [0.2, 0.25) is 18.6 Å². The van der Waals surface area contributed by atoms with Gasteiger partial charge in [0.05, 0.1) is 31.5 Å². The van der Waals surface area contributed by atoms with Gasteiger partial charge in [-0.1, -0.05) is 12.8 Å². The second kappa shape index (κ2) is 8.70. The smallest absolute Gasteiger partial charge is 0.359 e. The standard InChI is InChI=1S/C18H25N5O7P/c1-27-31(26,30-10-28-16(25)12-4-2-3-5-12)11-29-18(6-7-18)8-23-9-20-13-14(23)21-17(19)22-15(13)24/h9,12H,1-8,10-11H2,(H3,19,21,22,24). The number of nitrogens with two attached hydrogens (primary N) is 1. The molecule has 13 heteroatoms. The molecule has 0 spiro atoms. The van der Waals surface area contributed by atoms with Crippen molar-refractivity contribution in [3.05, 3.63) is 13.4 Å². The number of aromatic nitrogens is 4. The molecule has 0 saturated heterocycles. The maximum atomic E-state index is 12.8. The van der Waals surface area contributed by atoms with Crippen LogP contribution in [0.3, 0.4) is 0 Å². The van der Waals surface area contributed by atoms with Gasteiger partial charge in [-0.05, 0) is 25.7 Å². The van der Waals surface area contributed by atoms with Gasteiger partial charge in [0.1, 0.15) is 6.35 Å². The number of aromatic hydroxyl groups is 1. The highest BCUT2D eigenvalue weighted by atomic mass is 31.2. The average Bonchev–Trinajstić information content (AvgIpc) is 3.12. The zero-order valence-electron chi connectivity index (χ0n) is 16.9. The average molecular weight is 454 g/mol. The Morgan fingerprint density at radius 1 is 1.35 bits per heavy atom. The number of hydrogen-bond donors (Lipinski definition) is 2. The van der Waals surface area contributed by atoms with Crippen LogP contribution in [0.5, 0.6) is 5.88 Å². The third kappa shape index (κ3) is 4.98. The molecule has 1 unspecified atom stereocenters. The number of rotatable bonds is 10. The van der Waals surface area contributed by atoms with Gasteiger partial charge in [-0.15, -0.1) is 0 Å². The summed E-state index contributed by atoms with van der Waals surface area (Å²) in [6.45, 7) is -0.146. The normalized spacial score (nSPS) is 20.0. The van der Waals surface area contributed by atoms with Crippen LogP contribution < -0.4 is 5.73 Å². The molecule has 1 radical (unpaired) electrons. The summed E-state index contributed by atoms with van der Waals surface area (Å²) in [7, 11) is -0.512. The summed E-state index contributed by atoms with van der Waals surface area (Å²) in [4.78, 5) is 23.8. The fourth-order valence-corrected chi connectivity index (χ4v) is 4.50. The summed E-state index contributed by atoms with van der Waals surface area (Å²) in [5.41, 5.74) is 5.58. The van der Waals surface area contributed by atoms with Crippen LogP contribution in [0.2, 0.25) is 0 Å². The molecule has 4 rings (SSSR count). The molecule has 31 heavy (non-hydrogen) atoms. The molecular weight excluding hydrogens is 429 g/mol. The highest BCUT2D eigenvalue weighted by Gasteiger charge is 2.46. The molecular formula is C18H25N5O7P. The minimum Gasteiger partial charge on any atom is -0.492 e. The monoisotopic (exact) mass is 454 g/mol. The minimum atomic E-state index is -3.72. The topological polar surface area (TPSA) is 161 Å². The van der Waals surface area contributed by atoms with Crippen molar-refractivity contribution < 1.29 is 33.0 Å². The van der Waals surface area contributed by atoms with Crippen LogP contribution in [-0.4, -0.2) is 49.3 Å². The first-order valence-electron chi connectivity index (χ1n) is 9.98. The molecule has 2 aliphatic rings. The van der Waals surface area contributed by atoms with E-state index in [-0.39, 0.29) is 35.6 Å². The van der Waals surface area contributed by atoms with E-state index in [1.165, 1.54) is 6.33 Å². The number of carbonyl (C=O) groups excluding carboxylic acids is 1. The third-order valence-corrected chi connectivity index (χ3v) is 6.93. The third-order valence-electron chi connectivity index (χ3n) is 5.59. The van der Waals surface area contributed by atoms with Gasteiger partial charge in [-0.25, -0.2) is 4.98 Å². The first-order chi connectivity index (χ1) is 14.8. The van der Waals surface area contributed by atoms with E-state index in [1.54, 1.807) is 4.57 Å². The van der Waals surface area contributed by atoms with Crippen molar-refractivity contribution in [1.29, 1.82) is 0 Å². The quantitative estimate of drug-likeness (QED) is 0.308. The van der Waals surface area contributed by atoms with E-state index in [1.807, 2.05) is 0 Å². The molecule has 2 heterocycles. The fraction of sp³-hybridized carbons (Fsp3) is 0.611. The molecule has 2 aromatic rings. The number of imidazole rings is 1. The maximum absolute atomic E-state index is 12.8. The van der Waals surface area contributed by atoms with Crippen LogP contribution in [0.25, 0.3) is 11.2 Å². The predicted molar refractivity (Wildman–Crippen MR) is 107 cm³/mol. The van der Waals surface area contributed by atoms with Gasteiger partial charge in [-0.2, -0.15) is 9.97 Å². The van der Waals surface area contributed by atoms with Crippen molar-refractivity contribution in [3.63, 3.8) is 0 Å². The van der Waals surface area contributed by atoms with Crippen molar-refractivity contribution in [2.24, 2.45) is 5.92 Å². The molecule has 0 aromatic carbocycles. The lowest BCUT2D eigenvalue weighted by Crippen LogP contribution is -2.23. The van der Waals surface area contributed by atoms with E-state index >= 15 is 0 Å². The van der Waals surface area contributed by atoms with Gasteiger partial charge < -0.3 is 29.4 Å². The lowest BCUT2D eigenvalue weighted by Gasteiger charge is -2.21. The van der Waals surface area contributed by atoms with Crippen molar-refractivity contribution in [3.8, 4) is 5.88 Å². The summed E-state index contributed by atoms with van der Waals surface area (Å²) in [5.74, 6) is -0.864. The van der Waals surface area contributed by atoms with E-state index in [0.29, 0.717) is 25.0 Å². The number of fused-ring (bicyclic) bond motifs is 1. The largest absolute Gasteiger partial charge is 0.492 e. The number of ether oxygens (including phenoxy) is 2. The van der Waals surface area contributed by atoms with Gasteiger partial charge in [0.25, 0.3) is 0 Å². The molecule has 0 amide bonds. The first-order valence-corrected chi connectivity index (χ1v) is 11.7. The first kappa shape index (κ1) is 21.9. The molecule has 0 bridgehead atoms. The number of anilines is 1. The van der Waals surface area contributed by atoms with E-state index in [4.69, 9.17) is 24.3 Å². The predicted octanol–water partition coefficient (Wildman–Crippen LogP) is 2.33. The lowest BCUT2D eigenvalue weighted by atomic mass is 10.1. The van der Waals surface area contributed by atoms with E-state index in [0.717, 1.165) is 25.7 Å². The van der Waals surface area contributed by atoms with Crippen LogP contribution >= 0.6 is 7.60 Å². The Morgan fingerprint density at radius 2 is 2.10 bits per heavy atom. The zero-order valence-corrected chi connectivity index (χ0v) is 17.8. The Kier molecular flexibility index (Phi) is 6.16. The number of nitrogen functional groups attached to an aromatic ring is 1. The summed E-state index contributed by atoms with van der Waals surface area (Å²) in [6, 6.07) is 0. The van der Waals surface area contributed by atoms with Crippen molar-refractivity contribution >= 4 is 30.7 Å². The fourth-order valence-electron chi connectivity index (χ4n) is 3.63. The molecule has 2 saturated carbocycles. The van der Waals surface area contributed by atoms with Crippen LogP contribution in [0.15, 0.2) is 6.33 Å². The van der Waals surface area contributed by atoms with E-state index in [9.17, 15) is 14.5 Å². The summed E-state index contributed by atoms with van der Waals surface area (Å²) in [5, 5.41) is 9.86. The summed E-state index contributed by atoms with van der Waals surface area (Å²) in [6.07, 6.45) is 6.14. The number of hydrogen-bond acceptors (Lipinski definition) is 11. The molecule has 169 valence electrons. The molecule has 3 N–H and O–H groups in total. The van der Waals surface area contributed by atoms with Crippen molar-refractivity contribution in [2.45, 2.75) is 50.7 Å². The van der Waals surface area contributed by atoms with Gasteiger partial charge in [-0.3, -0.25) is 13.9 Å². The van der Waals surface area contributed by atoms with Gasteiger partial charge >= 0.3 is 13.6 Å². The molecule has 2 aromatic heterocycles. The number of nitrogens with zero attached hydrogens (tertiary/aromatic N) is 4. The second-order valence-electron chi connectivity index (χ2n) is 7.84. The van der Waals surface area contributed by atoms with Crippen LogP contribution in [-0.2, 0) is 34.4 Å². The molecule has 2 aliphatic carbocycles. The highest BCUT2D eigenvalue weighted by Crippen LogP contribution is 2.52.